The molecule has 0 aromatic rings. The van der Waals surface area contributed by atoms with Gasteiger partial charge in [-0.05, 0) is 85.9 Å². The molecule has 7 nitrogen and oxygen atoms in total. The highest BCUT2D eigenvalue weighted by Crippen LogP contribution is 2.69. The minimum Gasteiger partial charge on any atom is -0.469 e. The molecule has 0 amide bonds. The van der Waals surface area contributed by atoms with E-state index in [2.05, 4.69) is 27.7 Å². The number of ketones is 1. The fourth-order valence-electron chi connectivity index (χ4n) is 9.91. The maximum atomic E-state index is 14.2. The van der Waals surface area contributed by atoms with Gasteiger partial charge in [-0.2, -0.15) is 0 Å². The van der Waals surface area contributed by atoms with Crippen LogP contribution in [-0.4, -0.2) is 43.0 Å². The van der Waals surface area contributed by atoms with Gasteiger partial charge < -0.3 is 14.2 Å². The number of rotatable bonds is 7. The molecule has 0 aliphatic heterocycles. The number of ether oxygens (including phenoxy) is 3. The van der Waals surface area contributed by atoms with Gasteiger partial charge in [0.1, 0.15) is 18.0 Å². The van der Waals surface area contributed by atoms with E-state index in [4.69, 9.17) is 14.2 Å². The normalized spacial score (nSPS) is 42.8. The van der Waals surface area contributed by atoms with Crippen molar-refractivity contribution in [3.63, 3.8) is 0 Å². The summed E-state index contributed by atoms with van der Waals surface area (Å²) >= 11 is 0. The van der Waals surface area contributed by atoms with Crippen molar-refractivity contribution in [1.29, 1.82) is 0 Å². The number of fused-ring (bicyclic) bond motifs is 5. The van der Waals surface area contributed by atoms with E-state index in [-0.39, 0.29) is 77.0 Å². The summed E-state index contributed by atoms with van der Waals surface area (Å²) < 4.78 is 16.8. The molecule has 7 heteroatoms. The first-order valence-corrected chi connectivity index (χ1v) is 14.8. The molecule has 0 spiro atoms. The van der Waals surface area contributed by atoms with Gasteiger partial charge in [0, 0.05) is 38.0 Å². The average Bonchev–Trinajstić information content (AvgIpc) is 3.21. The molecule has 4 saturated carbocycles. The van der Waals surface area contributed by atoms with E-state index in [9.17, 15) is 19.2 Å². The summed E-state index contributed by atoms with van der Waals surface area (Å²) in [6.45, 7) is 11.8. The van der Waals surface area contributed by atoms with E-state index >= 15 is 0 Å². The summed E-state index contributed by atoms with van der Waals surface area (Å²) in [6, 6.07) is 0. The third kappa shape index (κ3) is 4.81. The highest BCUT2D eigenvalue weighted by molar-refractivity contribution is 5.87. The van der Waals surface area contributed by atoms with Gasteiger partial charge in [-0.1, -0.05) is 27.7 Å². The lowest BCUT2D eigenvalue weighted by molar-refractivity contribution is -0.216. The lowest BCUT2D eigenvalue weighted by Gasteiger charge is -2.64. The maximum Gasteiger partial charge on any atom is 0.305 e. The van der Waals surface area contributed by atoms with Gasteiger partial charge in [-0.3, -0.25) is 19.2 Å². The second kappa shape index (κ2) is 10.9. The maximum absolute atomic E-state index is 14.2. The van der Waals surface area contributed by atoms with Crippen molar-refractivity contribution in [2.24, 2.45) is 52.3 Å². The Bertz CT molecular complexity index is 945. The van der Waals surface area contributed by atoms with E-state index in [1.807, 2.05) is 0 Å². The van der Waals surface area contributed by atoms with Crippen LogP contribution < -0.4 is 0 Å². The molecule has 0 aromatic carbocycles. The number of esters is 3. The van der Waals surface area contributed by atoms with Gasteiger partial charge in [0.2, 0.25) is 0 Å². The van der Waals surface area contributed by atoms with Crippen LogP contribution in [0.5, 0.6) is 0 Å². The first-order valence-electron chi connectivity index (χ1n) is 14.8. The molecule has 11 atom stereocenters. The molecule has 0 heterocycles. The van der Waals surface area contributed by atoms with Gasteiger partial charge in [0.15, 0.2) is 0 Å². The van der Waals surface area contributed by atoms with Crippen LogP contribution in [0.4, 0.5) is 0 Å². The van der Waals surface area contributed by atoms with Crippen molar-refractivity contribution in [2.75, 3.05) is 7.11 Å². The largest absolute Gasteiger partial charge is 0.469 e. The zero-order chi connectivity index (χ0) is 28.0. The Hall–Kier alpha value is -1.92. The number of methoxy groups -OCH3 is 1. The van der Waals surface area contributed by atoms with Crippen LogP contribution in [0.3, 0.4) is 0 Å². The SMILES string of the molecule is CC[C@H]1[C@@H](OC(C)=O)C2C3CC[C@H]([C@H](C)CCC(=O)OC)[C@@]3(C)C(=O)CC2[C@@]2(C)CC[C@@H](OC(C)=O)C[C@@H]12. The molecule has 3 unspecified atom stereocenters. The van der Waals surface area contributed by atoms with Crippen molar-refractivity contribution in [2.45, 2.75) is 112 Å². The molecule has 4 rings (SSSR count). The Morgan fingerprint density at radius 3 is 2.29 bits per heavy atom. The third-order valence-corrected chi connectivity index (χ3v) is 11.6. The minimum absolute atomic E-state index is 0.0653. The lowest BCUT2D eigenvalue weighted by Crippen LogP contribution is -2.65. The Kier molecular flexibility index (Phi) is 8.36. The fraction of sp³-hybridized carbons (Fsp3) is 0.871. The van der Waals surface area contributed by atoms with E-state index < -0.39 is 5.41 Å². The van der Waals surface area contributed by atoms with Crippen LogP contribution in [0.1, 0.15) is 99.3 Å². The first-order chi connectivity index (χ1) is 17.9. The predicted octanol–water partition coefficient (Wildman–Crippen LogP) is 5.52. The number of hydrogen-bond acceptors (Lipinski definition) is 7. The molecule has 4 aliphatic carbocycles. The molecule has 4 fully saturated rings. The summed E-state index contributed by atoms with van der Waals surface area (Å²) in [7, 11) is 1.42. The topological polar surface area (TPSA) is 96.0 Å². The van der Waals surface area contributed by atoms with E-state index in [1.54, 1.807) is 0 Å². The van der Waals surface area contributed by atoms with Crippen LogP contribution in [0.25, 0.3) is 0 Å². The second-order valence-corrected chi connectivity index (χ2v) is 13.2. The number of carbonyl (C=O) groups is 4. The number of hydrogen-bond donors (Lipinski definition) is 0. The van der Waals surface area contributed by atoms with Crippen LogP contribution in [-0.2, 0) is 33.4 Å². The average molecular weight is 533 g/mol. The van der Waals surface area contributed by atoms with Crippen LogP contribution >= 0.6 is 0 Å². The summed E-state index contributed by atoms with van der Waals surface area (Å²) in [5.41, 5.74) is -0.546. The summed E-state index contributed by atoms with van der Waals surface area (Å²) in [5.74, 6) is 0.879. The van der Waals surface area contributed by atoms with Gasteiger partial charge in [0.25, 0.3) is 0 Å². The highest BCUT2D eigenvalue weighted by atomic mass is 16.5. The molecule has 0 N–H and O–H groups in total. The van der Waals surface area contributed by atoms with Gasteiger partial charge >= 0.3 is 17.9 Å². The Balaban J connectivity index is 1.70. The Morgan fingerprint density at radius 2 is 1.68 bits per heavy atom. The summed E-state index contributed by atoms with van der Waals surface area (Å²) in [5, 5.41) is 0. The van der Waals surface area contributed by atoms with Crippen LogP contribution in [0.15, 0.2) is 0 Å². The molecule has 0 bridgehead atoms. The Morgan fingerprint density at radius 1 is 1.00 bits per heavy atom. The molecule has 0 saturated heterocycles. The van der Waals surface area contributed by atoms with Gasteiger partial charge in [0.05, 0.1) is 7.11 Å². The number of Topliss-reactive ketones (excluding diaryl/α,β-unsaturated/α-hetero) is 1. The molecule has 0 radical (unpaired) electrons. The zero-order valence-corrected chi connectivity index (χ0v) is 24.4. The summed E-state index contributed by atoms with van der Waals surface area (Å²) in [6.07, 6.45) is 6.50. The summed E-state index contributed by atoms with van der Waals surface area (Å²) in [4.78, 5) is 50.3. The van der Waals surface area contributed by atoms with E-state index in [0.717, 1.165) is 38.5 Å². The van der Waals surface area contributed by atoms with Gasteiger partial charge in [-0.15, -0.1) is 0 Å². The molecule has 38 heavy (non-hydrogen) atoms. The first kappa shape index (κ1) is 29.1. The van der Waals surface area contributed by atoms with Gasteiger partial charge in [-0.25, -0.2) is 0 Å². The van der Waals surface area contributed by atoms with Crippen molar-refractivity contribution < 1.29 is 33.4 Å². The fourth-order valence-corrected chi connectivity index (χ4v) is 9.91. The quantitative estimate of drug-likeness (QED) is 0.314. The van der Waals surface area contributed by atoms with E-state index in [0.29, 0.717) is 25.0 Å². The predicted molar refractivity (Wildman–Crippen MR) is 142 cm³/mol. The molecular weight excluding hydrogens is 484 g/mol. The van der Waals surface area contributed by atoms with Crippen molar-refractivity contribution >= 4 is 23.7 Å². The molecule has 4 aliphatic rings. The van der Waals surface area contributed by atoms with E-state index in [1.165, 1.54) is 21.0 Å². The monoisotopic (exact) mass is 532 g/mol. The zero-order valence-electron chi connectivity index (χ0n) is 24.4. The minimum atomic E-state index is -0.481. The third-order valence-electron chi connectivity index (χ3n) is 11.6. The second-order valence-electron chi connectivity index (χ2n) is 13.2. The standard InChI is InChI=1S/C31H48O7/c1-8-21-24-15-20(37-18(3)32)13-14-30(24,5)25-16-26(34)31(6)22(17(2)9-12-27(35)36-7)10-11-23(31)28(25)29(21)38-19(4)33/h17,20-25,28-29H,8-16H2,1-7H3/t17-,20-,21-,22-,23?,24+,25?,28?,29-,30+,31-/m1/s1. The molecular formula is C31H48O7. The number of carbonyl (C=O) groups excluding carboxylic acids is 4. The van der Waals surface area contributed by atoms with Crippen LogP contribution in [0.2, 0.25) is 0 Å². The smallest absolute Gasteiger partial charge is 0.305 e. The molecule has 214 valence electrons. The Labute approximate surface area is 228 Å². The lowest BCUT2D eigenvalue weighted by atomic mass is 9.41. The van der Waals surface area contributed by atoms with Crippen molar-refractivity contribution in [3.05, 3.63) is 0 Å². The van der Waals surface area contributed by atoms with Crippen LogP contribution in [0, 0.1) is 52.3 Å². The van der Waals surface area contributed by atoms with Crippen molar-refractivity contribution in [3.8, 4) is 0 Å². The van der Waals surface area contributed by atoms with Crippen molar-refractivity contribution in [1.82, 2.24) is 0 Å². The molecule has 0 aromatic heterocycles. The highest BCUT2D eigenvalue weighted by Gasteiger charge is 2.68.